The Morgan fingerprint density at radius 1 is 1.45 bits per heavy atom. The highest BCUT2D eigenvalue weighted by molar-refractivity contribution is 5.18. The number of rotatable bonds is 2. The Kier molecular flexibility index (Phi) is 2.53. The van der Waals surface area contributed by atoms with E-state index < -0.39 is 0 Å². The van der Waals surface area contributed by atoms with E-state index in [-0.39, 0.29) is 0 Å². The molecule has 1 nitrogen and oxygen atoms in total. The first-order chi connectivity index (χ1) is 5.25. The van der Waals surface area contributed by atoms with Gasteiger partial charge in [0.25, 0.3) is 0 Å². The molecule has 0 aromatic rings. The van der Waals surface area contributed by atoms with Gasteiger partial charge in [0.2, 0.25) is 0 Å². The zero-order valence-electron chi connectivity index (χ0n) is 7.20. The third-order valence-corrected chi connectivity index (χ3v) is 1.86. The molecule has 1 heteroatoms. The minimum Gasteiger partial charge on any atom is -0.365 e. The molecule has 1 heterocycles. The lowest BCUT2D eigenvalue weighted by Gasteiger charge is -2.31. The van der Waals surface area contributed by atoms with E-state index in [9.17, 15) is 0 Å². The van der Waals surface area contributed by atoms with Crippen LogP contribution in [0.15, 0.2) is 37.1 Å². The van der Waals surface area contributed by atoms with Gasteiger partial charge < -0.3 is 4.90 Å². The summed E-state index contributed by atoms with van der Waals surface area (Å²) in [5.41, 5.74) is 0. The van der Waals surface area contributed by atoms with Crippen LogP contribution < -0.4 is 0 Å². The van der Waals surface area contributed by atoms with E-state index in [4.69, 9.17) is 0 Å². The van der Waals surface area contributed by atoms with E-state index in [1.54, 1.807) is 0 Å². The molecule has 1 unspecified atom stereocenters. The van der Waals surface area contributed by atoms with Crippen LogP contribution in [0, 0.1) is 0 Å². The van der Waals surface area contributed by atoms with Crippen molar-refractivity contribution in [1.29, 1.82) is 0 Å². The van der Waals surface area contributed by atoms with Crippen molar-refractivity contribution < 1.29 is 0 Å². The molecule has 60 valence electrons. The zero-order valence-corrected chi connectivity index (χ0v) is 7.20. The number of hydrogen-bond acceptors (Lipinski definition) is 1. The molecule has 0 bridgehead atoms. The summed E-state index contributed by atoms with van der Waals surface area (Å²) in [5.74, 6) is 0. The van der Waals surface area contributed by atoms with Gasteiger partial charge in [-0.3, -0.25) is 0 Å². The van der Waals surface area contributed by atoms with Gasteiger partial charge in [-0.15, -0.1) is 6.58 Å². The minimum absolute atomic E-state index is 0.375. The molecule has 0 saturated carbocycles. The van der Waals surface area contributed by atoms with Crippen LogP contribution in [0.3, 0.4) is 0 Å². The van der Waals surface area contributed by atoms with Crippen LogP contribution in [0.1, 0.15) is 13.8 Å². The molecule has 0 saturated heterocycles. The van der Waals surface area contributed by atoms with Gasteiger partial charge in [0, 0.05) is 12.2 Å². The third-order valence-electron chi connectivity index (χ3n) is 1.86. The van der Waals surface area contributed by atoms with Crippen LogP contribution in [0.25, 0.3) is 0 Å². The van der Waals surface area contributed by atoms with Crippen LogP contribution in [-0.4, -0.2) is 17.0 Å². The molecule has 0 amide bonds. The fourth-order valence-corrected chi connectivity index (χ4v) is 1.24. The van der Waals surface area contributed by atoms with Gasteiger partial charge in [-0.25, -0.2) is 0 Å². The number of allylic oxidation sites excluding steroid dienone is 2. The fraction of sp³-hybridized carbons (Fsp3) is 0.400. The SMILES string of the molecule is C=CC1C=CC=CN1C(C)C. The van der Waals surface area contributed by atoms with Gasteiger partial charge in [0.05, 0.1) is 6.04 Å². The second kappa shape index (κ2) is 3.42. The largest absolute Gasteiger partial charge is 0.365 e. The Morgan fingerprint density at radius 3 is 2.64 bits per heavy atom. The van der Waals surface area contributed by atoms with E-state index >= 15 is 0 Å². The van der Waals surface area contributed by atoms with Crippen LogP contribution in [-0.2, 0) is 0 Å². The van der Waals surface area contributed by atoms with Crippen LogP contribution in [0.2, 0.25) is 0 Å². The van der Waals surface area contributed by atoms with Crippen molar-refractivity contribution in [1.82, 2.24) is 4.90 Å². The van der Waals surface area contributed by atoms with Crippen molar-refractivity contribution in [3.63, 3.8) is 0 Å². The van der Waals surface area contributed by atoms with Crippen molar-refractivity contribution in [2.24, 2.45) is 0 Å². The zero-order chi connectivity index (χ0) is 8.27. The van der Waals surface area contributed by atoms with Crippen molar-refractivity contribution in [3.8, 4) is 0 Å². The minimum atomic E-state index is 0.375. The summed E-state index contributed by atoms with van der Waals surface area (Å²) < 4.78 is 0. The number of nitrogens with zero attached hydrogens (tertiary/aromatic N) is 1. The highest BCUT2D eigenvalue weighted by atomic mass is 15.2. The van der Waals surface area contributed by atoms with Gasteiger partial charge >= 0.3 is 0 Å². The monoisotopic (exact) mass is 149 g/mol. The lowest BCUT2D eigenvalue weighted by Crippen LogP contribution is -2.34. The van der Waals surface area contributed by atoms with Gasteiger partial charge in [-0.05, 0) is 19.9 Å². The summed E-state index contributed by atoms with van der Waals surface area (Å²) in [4.78, 5) is 2.27. The first-order valence-electron chi connectivity index (χ1n) is 4.00. The Morgan fingerprint density at radius 2 is 2.18 bits per heavy atom. The average Bonchev–Trinajstić information content (AvgIpc) is 2.04. The Bertz CT molecular complexity index is 189. The summed E-state index contributed by atoms with van der Waals surface area (Å²) in [7, 11) is 0. The lowest BCUT2D eigenvalue weighted by atomic mass is 10.1. The maximum Gasteiger partial charge on any atom is 0.0655 e. The maximum atomic E-state index is 3.79. The lowest BCUT2D eigenvalue weighted by molar-refractivity contribution is 0.293. The standard InChI is InChI=1S/C10H15N/c1-4-10-7-5-6-8-11(10)9(2)3/h4-10H,1H2,2-3H3. The van der Waals surface area contributed by atoms with Gasteiger partial charge in [-0.2, -0.15) is 0 Å². The molecule has 1 rings (SSSR count). The number of hydrogen-bond donors (Lipinski definition) is 0. The summed E-state index contributed by atoms with van der Waals surface area (Å²) in [6, 6.07) is 0.916. The summed E-state index contributed by atoms with van der Waals surface area (Å²) in [6.07, 6.45) is 10.3. The molecule has 0 radical (unpaired) electrons. The first-order valence-corrected chi connectivity index (χ1v) is 4.00. The van der Waals surface area contributed by atoms with Crippen molar-refractivity contribution >= 4 is 0 Å². The normalized spacial score (nSPS) is 22.8. The van der Waals surface area contributed by atoms with Crippen LogP contribution in [0.4, 0.5) is 0 Å². The topological polar surface area (TPSA) is 3.24 Å². The van der Waals surface area contributed by atoms with E-state index in [1.165, 1.54) is 0 Å². The molecule has 1 atom stereocenters. The first kappa shape index (κ1) is 8.12. The molecule has 0 spiro atoms. The molecule has 0 N–H and O–H groups in total. The predicted molar refractivity (Wildman–Crippen MR) is 49.2 cm³/mol. The third kappa shape index (κ3) is 1.73. The Balaban J connectivity index is 2.70. The van der Waals surface area contributed by atoms with E-state index in [0.717, 1.165) is 0 Å². The predicted octanol–water partition coefficient (Wildman–Crippen LogP) is 2.33. The van der Waals surface area contributed by atoms with Crippen LogP contribution >= 0.6 is 0 Å². The molecule has 0 aliphatic carbocycles. The maximum absolute atomic E-state index is 3.79. The summed E-state index contributed by atoms with van der Waals surface area (Å²) >= 11 is 0. The molecule has 0 fully saturated rings. The molecule has 0 aromatic carbocycles. The molecule has 0 aromatic heterocycles. The van der Waals surface area contributed by atoms with Gasteiger partial charge in [0.15, 0.2) is 0 Å². The van der Waals surface area contributed by atoms with Crippen LogP contribution in [0.5, 0.6) is 0 Å². The summed E-state index contributed by atoms with van der Waals surface area (Å²) in [5, 5.41) is 0. The molecule has 11 heavy (non-hydrogen) atoms. The van der Waals surface area contributed by atoms with Crippen molar-refractivity contribution in [2.75, 3.05) is 0 Å². The second-order valence-electron chi connectivity index (χ2n) is 2.99. The second-order valence-corrected chi connectivity index (χ2v) is 2.99. The fourth-order valence-electron chi connectivity index (χ4n) is 1.24. The highest BCUT2D eigenvalue weighted by Gasteiger charge is 2.12. The summed E-state index contributed by atoms with van der Waals surface area (Å²) in [6.45, 7) is 8.15. The smallest absolute Gasteiger partial charge is 0.0655 e. The molecule has 1 aliphatic rings. The highest BCUT2D eigenvalue weighted by Crippen LogP contribution is 2.12. The Labute approximate surface area is 68.7 Å². The van der Waals surface area contributed by atoms with E-state index in [2.05, 4.69) is 49.8 Å². The van der Waals surface area contributed by atoms with Gasteiger partial charge in [0.1, 0.15) is 0 Å². The van der Waals surface area contributed by atoms with E-state index in [0.29, 0.717) is 12.1 Å². The molecular weight excluding hydrogens is 134 g/mol. The Hall–Kier alpha value is -0.980. The van der Waals surface area contributed by atoms with Gasteiger partial charge in [-0.1, -0.05) is 18.2 Å². The van der Waals surface area contributed by atoms with E-state index in [1.807, 2.05) is 6.08 Å². The average molecular weight is 149 g/mol. The molecule has 1 aliphatic heterocycles. The van der Waals surface area contributed by atoms with Crippen molar-refractivity contribution in [2.45, 2.75) is 25.9 Å². The molecular formula is C10H15N. The quantitative estimate of drug-likeness (QED) is 0.545. The van der Waals surface area contributed by atoms with Crippen molar-refractivity contribution in [3.05, 3.63) is 37.1 Å².